The first kappa shape index (κ1) is 21.3. The Morgan fingerprint density at radius 2 is 0.667 bits per heavy atom. The summed E-state index contributed by atoms with van der Waals surface area (Å²) in [6, 6.07) is 17.1. The highest BCUT2D eigenvalue weighted by Crippen LogP contribution is 2.16. The Bertz CT molecular complexity index is 947. The molecule has 0 aliphatic rings. The first-order valence-electron chi connectivity index (χ1n) is 10.5. The van der Waals surface area contributed by atoms with Crippen LogP contribution < -0.4 is 18.3 Å². The summed E-state index contributed by atoms with van der Waals surface area (Å²) in [7, 11) is 4.06. The van der Waals surface area contributed by atoms with Crippen molar-refractivity contribution in [3.05, 3.63) is 98.1 Å². The van der Waals surface area contributed by atoms with Crippen LogP contribution in [-0.2, 0) is 27.2 Å². The third kappa shape index (κ3) is 5.80. The fourth-order valence-electron chi connectivity index (χ4n) is 3.11. The lowest BCUT2D eigenvalue weighted by molar-refractivity contribution is -0.693. The molecule has 4 rings (SSSR count). The van der Waals surface area contributed by atoms with Gasteiger partial charge < -0.3 is 0 Å². The quantitative estimate of drug-likeness (QED) is 0.468. The van der Waals surface area contributed by atoms with Gasteiger partial charge in [-0.2, -0.15) is 0 Å². The molecule has 4 nitrogen and oxygen atoms in total. The Morgan fingerprint density at radius 3 is 0.900 bits per heavy atom. The summed E-state index contributed by atoms with van der Waals surface area (Å²) >= 11 is 0. The molecule has 0 aliphatic heterocycles. The van der Waals surface area contributed by atoms with Crippen molar-refractivity contribution in [3.63, 3.8) is 0 Å². The second kappa shape index (κ2) is 10.4. The maximum Gasteiger partial charge on any atom is 0.169 e. The molecule has 0 amide bonds. The maximum absolute atomic E-state index is 2.16. The van der Waals surface area contributed by atoms with Crippen molar-refractivity contribution >= 4 is 0 Å². The van der Waals surface area contributed by atoms with Crippen molar-refractivity contribution in [1.82, 2.24) is 0 Å². The van der Waals surface area contributed by atoms with E-state index in [1.165, 1.54) is 22.3 Å². The van der Waals surface area contributed by atoms with Gasteiger partial charge in [0, 0.05) is 48.5 Å². The summed E-state index contributed by atoms with van der Waals surface area (Å²) in [4.78, 5) is 0. The Kier molecular flexibility index (Phi) is 7.39. The molecular formula is C26H32N4+4. The monoisotopic (exact) mass is 400 g/mol. The lowest BCUT2D eigenvalue weighted by atomic mass is 10.1. The number of nitrogens with zero attached hydrogens (tertiary/aromatic N) is 4. The molecule has 0 atom stereocenters. The van der Waals surface area contributed by atoms with Gasteiger partial charge in [-0.05, 0) is 36.1 Å². The topological polar surface area (TPSA) is 15.5 Å². The van der Waals surface area contributed by atoms with Gasteiger partial charge in [-0.1, -0.05) is 0 Å². The number of aryl methyl sites for hydroxylation is 4. The summed E-state index contributed by atoms with van der Waals surface area (Å²) in [5, 5.41) is 0. The molecule has 152 valence electrons. The van der Waals surface area contributed by atoms with Gasteiger partial charge in [0.2, 0.25) is 0 Å². The van der Waals surface area contributed by atoms with E-state index in [4.69, 9.17) is 0 Å². The summed E-state index contributed by atoms with van der Waals surface area (Å²) in [6.07, 6.45) is 16.7. The minimum Gasteiger partial charge on any atom is -0.208 e. The van der Waals surface area contributed by atoms with Gasteiger partial charge in [0.05, 0.1) is 0 Å². The number of rotatable bonds is 4. The summed E-state index contributed by atoms with van der Waals surface area (Å²) in [5.41, 5.74) is 5.05. The molecule has 4 heteroatoms. The predicted octanol–water partition coefficient (Wildman–Crippen LogP) is 2.97. The molecular weight excluding hydrogens is 368 g/mol. The number of aromatic nitrogens is 4. The number of hydrogen-bond acceptors (Lipinski definition) is 0. The molecule has 0 unspecified atom stereocenters. The normalized spacial score (nSPS) is 10.3. The lowest BCUT2D eigenvalue weighted by Gasteiger charge is -1.98. The maximum atomic E-state index is 2.16. The van der Waals surface area contributed by atoms with Gasteiger partial charge in [-0.25, -0.2) is 18.3 Å². The van der Waals surface area contributed by atoms with E-state index in [1.807, 2.05) is 23.2 Å². The molecule has 0 aliphatic carbocycles. The lowest BCUT2D eigenvalue weighted by Crippen LogP contribution is -2.30. The molecule has 30 heavy (non-hydrogen) atoms. The summed E-state index contributed by atoms with van der Waals surface area (Å²) < 4.78 is 8.40. The summed E-state index contributed by atoms with van der Waals surface area (Å²) in [5.74, 6) is 0. The standard InChI is InChI=1S/2C13H16N2/c2*1-3-15-10-6-13(7-11-15)12-4-8-14(2)9-5-12/h2*4-11H,3H2,1-2H3/q2*+2. The fraction of sp³-hybridized carbons (Fsp3) is 0.231. The Balaban J connectivity index is 0.000000171. The molecule has 0 saturated heterocycles. The summed E-state index contributed by atoms with van der Waals surface area (Å²) in [6.45, 7) is 6.32. The highest BCUT2D eigenvalue weighted by molar-refractivity contribution is 5.61. The predicted molar refractivity (Wildman–Crippen MR) is 118 cm³/mol. The van der Waals surface area contributed by atoms with Crippen LogP contribution in [0, 0.1) is 0 Å². The molecule has 0 radical (unpaired) electrons. The third-order valence-corrected chi connectivity index (χ3v) is 5.14. The zero-order valence-electron chi connectivity index (χ0n) is 18.4. The van der Waals surface area contributed by atoms with Gasteiger partial charge in [0.15, 0.2) is 49.6 Å². The van der Waals surface area contributed by atoms with E-state index in [2.05, 4.69) is 121 Å². The van der Waals surface area contributed by atoms with Crippen LogP contribution in [0.4, 0.5) is 0 Å². The van der Waals surface area contributed by atoms with Crippen LogP contribution in [-0.4, -0.2) is 0 Å². The van der Waals surface area contributed by atoms with Crippen LogP contribution in [0.5, 0.6) is 0 Å². The van der Waals surface area contributed by atoms with Gasteiger partial charge in [0.1, 0.15) is 27.2 Å². The van der Waals surface area contributed by atoms with Crippen molar-refractivity contribution in [2.45, 2.75) is 26.9 Å². The highest BCUT2D eigenvalue weighted by atomic mass is 14.9. The van der Waals surface area contributed by atoms with Gasteiger partial charge in [-0.3, -0.25) is 0 Å². The van der Waals surface area contributed by atoms with Crippen molar-refractivity contribution < 1.29 is 18.3 Å². The molecule has 4 aromatic rings. The second-order valence-corrected chi connectivity index (χ2v) is 7.34. The van der Waals surface area contributed by atoms with Crippen molar-refractivity contribution in [2.75, 3.05) is 0 Å². The molecule has 0 saturated carbocycles. The Hall–Kier alpha value is -3.40. The van der Waals surface area contributed by atoms with Crippen molar-refractivity contribution in [3.8, 4) is 22.3 Å². The SMILES string of the molecule is CC[n+]1ccc(-c2cc[n+](C)cc2)cc1.CC[n+]1ccc(-c2cc[n+](C)cc2)cc1. The number of hydrogen-bond donors (Lipinski definition) is 0. The van der Waals surface area contributed by atoms with E-state index in [1.54, 1.807) is 0 Å². The van der Waals surface area contributed by atoms with Gasteiger partial charge >= 0.3 is 0 Å². The van der Waals surface area contributed by atoms with E-state index >= 15 is 0 Å². The fourth-order valence-corrected chi connectivity index (χ4v) is 3.11. The number of pyridine rings is 4. The average molecular weight is 401 g/mol. The smallest absolute Gasteiger partial charge is 0.169 e. The zero-order chi connectivity index (χ0) is 21.3. The average Bonchev–Trinajstić information content (AvgIpc) is 2.81. The van der Waals surface area contributed by atoms with Crippen LogP contribution in [0.2, 0.25) is 0 Å². The first-order valence-corrected chi connectivity index (χ1v) is 10.5. The van der Waals surface area contributed by atoms with E-state index < -0.39 is 0 Å². The first-order chi connectivity index (χ1) is 14.6. The van der Waals surface area contributed by atoms with Crippen molar-refractivity contribution in [2.24, 2.45) is 14.1 Å². The van der Waals surface area contributed by atoms with Crippen molar-refractivity contribution in [1.29, 1.82) is 0 Å². The van der Waals surface area contributed by atoms with Gasteiger partial charge in [-0.15, -0.1) is 0 Å². The minimum atomic E-state index is 1.02. The molecule has 0 aromatic carbocycles. The van der Waals surface area contributed by atoms with E-state index in [-0.39, 0.29) is 0 Å². The Morgan fingerprint density at radius 1 is 0.433 bits per heavy atom. The second-order valence-electron chi connectivity index (χ2n) is 7.34. The molecule has 4 heterocycles. The van der Waals surface area contributed by atoms with E-state index in [0.29, 0.717) is 0 Å². The third-order valence-electron chi connectivity index (χ3n) is 5.14. The molecule has 4 aromatic heterocycles. The molecule has 0 spiro atoms. The van der Waals surface area contributed by atoms with E-state index in [9.17, 15) is 0 Å². The van der Waals surface area contributed by atoms with Crippen LogP contribution >= 0.6 is 0 Å². The zero-order valence-corrected chi connectivity index (χ0v) is 18.4. The van der Waals surface area contributed by atoms with Crippen LogP contribution in [0.3, 0.4) is 0 Å². The van der Waals surface area contributed by atoms with E-state index in [0.717, 1.165) is 13.1 Å². The molecule has 0 bridgehead atoms. The van der Waals surface area contributed by atoms with Gasteiger partial charge in [0.25, 0.3) is 0 Å². The van der Waals surface area contributed by atoms with Crippen LogP contribution in [0.1, 0.15) is 13.8 Å². The van der Waals surface area contributed by atoms with Crippen LogP contribution in [0.25, 0.3) is 22.3 Å². The van der Waals surface area contributed by atoms with Crippen LogP contribution in [0.15, 0.2) is 98.1 Å². The highest BCUT2D eigenvalue weighted by Gasteiger charge is 2.03. The largest absolute Gasteiger partial charge is 0.208 e. The Labute approximate surface area is 180 Å². The molecule has 0 fully saturated rings. The molecule has 0 N–H and O–H groups in total. The minimum absolute atomic E-state index is 1.02.